The van der Waals surface area contributed by atoms with Gasteiger partial charge in [0, 0.05) is 13.1 Å². The Balaban J connectivity index is 1.63. The van der Waals surface area contributed by atoms with Gasteiger partial charge in [0.2, 0.25) is 0 Å². The summed E-state index contributed by atoms with van der Waals surface area (Å²) in [6.07, 6.45) is -5.74. The Kier molecular flexibility index (Phi) is 5.76. The lowest BCUT2D eigenvalue weighted by Gasteiger charge is -2.16. The summed E-state index contributed by atoms with van der Waals surface area (Å²) in [5.41, 5.74) is -3.76. The summed E-state index contributed by atoms with van der Waals surface area (Å²) in [6.45, 7) is 1.70. The molecule has 1 aliphatic rings. The van der Waals surface area contributed by atoms with Crippen molar-refractivity contribution in [2.45, 2.75) is 25.2 Å². The zero-order valence-electron chi connectivity index (χ0n) is 16.9. The third-order valence-electron chi connectivity index (χ3n) is 5.14. The van der Waals surface area contributed by atoms with Crippen molar-refractivity contribution in [3.8, 4) is 5.69 Å². The highest BCUT2D eigenvalue weighted by Gasteiger charge is 2.41. The quantitative estimate of drug-likeness (QED) is 0.537. The van der Waals surface area contributed by atoms with Gasteiger partial charge in [0.25, 0.3) is 5.91 Å². The number of nitrogens with zero attached hydrogens (tertiary/aromatic N) is 4. The van der Waals surface area contributed by atoms with E-state index in [1.54, 1.807) is 6.07 Å². The summed E-state index contributed by atoms with van der Waals surface area (Å²) < 4.78 is 80.7. The molecule has 1 fully saturated rings. The number of halogens is 6. The molecule has 174 valence electrons. The molecule has 4 rings (SSSR count). The molecule has 1 aliphatic heterocycles. The minimum Gasteiger partial charge on any atom is -0.357 e. The minimum absolute atomic E-state index is 0.169. The van der Waals surface area contributed by atoms with Crippen LogP contribution >= 0.6 is 0 Å². The topological polar surface area (TPSA) is 63.1 Å². The van der Waals surface area contributed by atoms with E-state index >= 15 is 0 Å². The van der Waals surface area contributed by atoms with Gasteiger partial charge in [-0.25, -0.2) is 9.67 Å². The van der Waals surface area contributed by atoms with Gasteiger partial charge in [0.15, 0.2) is 5.69 Å². The summed E-state index contributed by atoms with van der Waals surface area (Å²) in [4.78, 5) is 18.9. The first kappa shape index (κ1) is 22.6. The number of amides is 1. The van der Waals surface area contributed by atoms with Gasteiger partial charge in [0.05, 0.1) is 34.9 Å². The third kappa shape index (κ3) is 4.78. The first-order valence-electron chi connectivity index (χ1n) is 9.89. The molecule has 0 saturated carbocycles. The molecule has 1 aromatic carbocycles. The molecule has 33 heavy (non-hydrogen) atoms. The van der Waals surface area contributed by atoms with Gasteiger partial charge in [0.1, 0.15) is 5.82 Å². The predicted molar refractivity (Wildman–Crippen MR) is 107 cm³/mol. The maximum absolute atomic E-state index is 13.8. The molecule has 0 atom stereocenters. The number of rotatable bonds is 4. The van der Waals surface area contributed by atoms with Crippen LogP contribution in [0.25, 0.3) is 5.69 Å². The van der Waals surface area contributed by atoms with Crippen LogP contribution in [0.2, 0.25) is 0 Å². The van der Waals surface area contributed by atoms with Crippen LogP contribution in [-0.4, -0.2) is 33.8 Å². The van der Waals surface area contributed by atoms with Crippen LogP contribution in [-0.2, 0) is 12.4 Å². The third-order valence-corrected chi connectivity index (χ3v) is 5.14. The standard InChI is InChI=1S/C21H17F6N5O/c22-20(23,24)13-4-3-5-15(10-13)32-18(21(25,26)27)16(12-29-32)19(33)30-14-6-7-17(28-11-14)31-8-1-2-9-31/h3-7,10-12H,1-2,8-9H2,(H,30,33). The maximum Gasteiger partial charge on any atom is 0.434 e. The molecule has 0 aliphatic carbocycles. The van der Waals surface area contributed by atoms with Crippen molar-refractivity contribution in [3.05, 3.63) is 65.6 Å². The Labute approximate surface area is 183 Å². The lowest BCUT2D eigenvalue weighted by molar-refractivity contribution is -0.143. The molecule has 0 spiro atoms. The van der Waals surface area contributed by atoms with Crippen molar-refractivity contribution in [1.29, 1.82) is 0 Å². The van der Waals surface area contributed by atoms with E-state index in [2.05, 4.69) is 15.4 Å². The number of benzene rings is 1. The monoisotopic (exact) mass is 469 g/mol. The Morgan fingerprint density at radius 3 is 2.27 bits per heavy atom. The van der Waals surface area contributed by atoms with Crippen molar-refractivity contribution >= 4 is 17.4 Å². The van der Waals surface area contributed by atoms with Gasteiger partial charge < -0.3 is 10.2 Å². The summed E-state index contributed by atoms with van der Waals surface area (Å²) in [7, 11) is 0. The minimum atomic E-state index is -5.06. The molecule has 12 heteroatoms. The normalized spacial score (nSPS) is 14.5. The first-order valence-corrected chi connectivity index (χ1v) is 9.89. The average molecular weight is 469 g/mol. The van der Waals surface area contributed by atoms with E-state index in [1.165, 1.54) is 12.3 Å². The van der Waals surface area contributed by atoms with E-state index in [0.717, 1.165) is 44.1 Å². The summed E-state index contributed by atoms with van der Waals surface area (Å²) in [5, 5.41) is 5.89. The van der Waals surface area contributed by atoms with Gasteiger partial charge in [-0.1, -0.05) is 6.07 Å². The van der Waals surface area contributed by atoms with Crippen molar-refractivity contribution in [2.75, 3.05) is 23.3 Å². The van der Waals surface area contributed by atoms with Crippen LogP contribution in [0.4, 0.5) is 37.8 Å². The van der Waals surface area contributed by atoms with Crippen molar-refractivity contribution in [2.24, 2.45) is 0 Å². The fraction of sp³-hybridized carbons (Fsp3) is 0.286. The number of carbonyl (C=O) groups is 1. The summed E-state index contributed by atoms with van der Waals surface area (Å²) in [6, 6.07) is 6.44. The summed E-state index contributed by atoms with van der Waals surface area (Å²) >= 11 is 0. The fourth-order valence-corrected chi connectivity index (χ4v) is 3.59. The second-order valence-corrected chi connectivity index (χ2v) is 7.42. The van der Waals surface area contributed by atoms with Gasteiger partial charge in [-0.2, -0.15) is 31.4 Å². The highest BCUT2D eigenvalue weighted by molar-refractivity contribution is 6.05. The smallest absolute Gasteiger partial charge is 0.357 e. The number of aromatic nitrogens is 3. The van der Waals surface area contributed by atoms with E-state index < -0.39 is 40.8 Å². The Bertz CT molecular complexity index is 1150. The van der Waals surface area contributed by atoms with E-state index in [-0.39, 0.29) is 10.4 Å². The first-order chi connectivity index (χ1) is 15.5. The van der Waals surface area contributed by atoms with Gasteiger partial charge in [-0.15, -0.1) is 0 Å². The second kappa shape index (κ2) is 8.41. The number of pyridine rings is 1. The number of anilines is 2. The molecule has 1 N–H and O–H groups in total. The lowest BCUT2D eigenvalue weighted by atomic mass is 10.1. The number of alkyl halides is 6. The Morgan fingerprint density at radius 1 is 0.939 bits per heavy atom. The van der Waals surface area contributed by atoms with Crippen molar-refractivity contribution < 1.29 is 31.1 Å². The summed E-state index contributed by atoms with van der Waals surface area (Å²) in [5.74, 6) is -0.421. The lowest BCUT2D eigenvalue weighted by Crippen LogP contribution is -2.21. The van der Waals surface area contributed by atoms with Crippen LogP contribution in [0, 0.1) is 0 Å². The molecule has 1 amide bonds. The maximum atomic E-state index is 13.8. The fourth-order valence-electron chi connectivity index (χ4n) is 3.59. The Hall–Kier alpha value is -3.57. The van der Waals surface area contributed by atoms with Crippen LogP contribution in [0.15, 0.2) is 48.8 Å². The van der Waals surface area contributed by atoms with Crippen LogP contribution < -0.4 is 10.2 Å². The average Bonchev–Trinajstić information content (AvgIpc) is 3.44. The number of nitrogens with one attached hydrogen (secondary N) is 1. The molecule has 0 bridgehead atoms. The molecule has 3 aromatic rings. The van der Waals surface area contributed by atoms with Gasteiger partial charge >= 0.3 is 12.4 Å². The van der Waals surface area contributed by atoms with Gasteiger partial charge in [-0.05, 0) is 43.2 Å². The highest BCUT2D eigenvalue weighted by Crippen LogP contribution is 2.36. The SMILES string of the molecule is O=C(Nc1ccc(N2CCCC2)nc1)c1cnn(-c2cccc(C(F)(F)F)c2)c1C(F)(F)F. The van der Waals surface area contributed by atoms with Crippen molar-refractivity contribution in [1.82, 2.24) is 14.8 Å². The van der Waals surface area contributed by atoms with Crippen LogP contribution in [0.1, 0.15) is 34.5 Å². The molecule has 0 unspecified atom stereocenters. The van der Waals surface area contributed by atoms with E-state index in [0.29, 0.717) is 18.1 Å². The number of carbonyl (C=O) groups excluding carboxylic acids is 1. The van der Waals surface area contributed by atoms with Crippen molar-refractivity contribution in [3.63, 3.8) is 0 Å². The van der Waals surface area contributed by atoms with E-state index in [4.69, 9.17) is 0 Å². The molecule has 1 saturated heterocycles. The predicted octanol–water partition coefficient (Wildman–Crippen LogP) is 5.16. The zero-order valence-corrected chi connectivity index (χ0v) is 16.9. The molecular weight excluding hydrogens is 452 g/mol. The second-order valence-electron chi connectivity index (χ2n) is 7.42. The highest BCUT2D eigenvalue weighted by atomic mass is 19.4. The molecular formula is C21H17F6N5O. The molecule has 0 radical (unpaired) electrons. The zero-order chi connectivity index (χ0) is 23.8. The largest absolute Gasteiger partial charge is 0.434 e. The number of hydrogen-bond acceptors (Lipinski definition) is 4. The van der Waals surface area contributed by atoms with Crippen LogP contribution in [0.5, 0.6) is 0 Å². The molecule has 2 aromatic heterocycles. The van der Waals surface area contributed by atoms with E-state index in [9.17, 15) is 31.1 Å². The van der Waals surface area contributed by atoms with Gasteiger partial charge in [-0.3, -0.25) is 4.79 Å². The molecule has 3 heterocycles. The number of hydrogen-bond donors (Lipinski definition) is 1. The van der Waals surface area contributed by atoms with Crippen LogP contribution in [0.3, 0.4) is 0 Å². The molecule has 6 nitrogen and oxygen atoms in total. The Morgan fingerprint density at radius 2 is 1.67 bits per heavy atom. The van der Waals surface area contributed by atoms with E-state index in [1.807, 2.05) is 4.90 Å².